The number of amides is 1. The molecular weight excluding hydrogens is 290 g/mol. The van der Waals surface area contributed by atoms with Crippen molar-refractivity contribution in [2.24, 2.45) is 7.05 Å². The average Bonchev–Trinajstić information content (AvgIpc) is 2.99. The van der Waals surface area contributed by atoms with Crippen LogP contribution in [0.4, 0.5) is 0 Å². The van der Waals surface area contributed by atoms with Crippen molar-refractivity contribution in [3.8, 4) is 11.5 Å². The molecule has 2 aromatic heterocycles. The molecule has 0 unspecified atom stereocenters. The SMILES string of the molecule is CCC(=O)N1CCC[C@H](c2nc(C)cc(-c3nccn3C)n2)C1. The first-order valence-electron chi connectivity index (χ1n) is 8.19. The minimum atomic E-state index is 0.207. The Balaban J connectivity index is 1.89. The van der Waals surface area contributed by atoms with Gasteiger partial charge in [0.15, 0.2) is 5.82 Å². The number of imidazole rings is 1. The zero-order valence-corrected chi connectivity index (χ0v) is 14.0. The summed E-state index contributed by atoms with van der Waals surface area (Å²) in [4.78, 5) is 27.7. The van der Waals surface area contributed by atoms with E-state index in [0.29, 0.717) is 6.42 Å². The first kappa shape index (κ1) is 15.6. The highest BCUT2D eigenvalue weighted by Crippen LogP contribution is 2.27. The fraction of sp³-hybridized carbons (Fsp3) is 0.529. The fourth-order valence-corrected chi connectivity index (χ4v) is 3.14. The second-order valence-electron chi connectivity index (χ2n) is 6.15. The van der Waals surface area contributed by atoms with Crippen LogP contribution in [0.2, 0.25) is 0 Å². The van der Waals surface area contributed by atoms with Gasteiger partial charge < -0.3 is 9.47 Å². The molecule has 0 radical (unpaired) electrons. The molecule has 0 N–H and O–H groups in total. The summed E-state index contributed by atoms with van der Waals surface area (Å²) in [5.41, 5.74) is 1.78. The Morgan fingerprint density at radius 3 is 2.91 bits per heavy atom. The van der Waals surface area contributed by atoms with E-state index in [1.54, 1.807) is 6.20 Å². The number of carbonyl (C=O) groups is 1. The standard InChI is InChI=1S/C17H23N5O/c1-4-15(23)22-8-5-6-13(11-22)16-19-12(2)10-14(20-16)17-18-7-9-21(17)3/h7,9-10,13H,4-6,8,11H2,1-3H3/t13-/m0/s1. The Kier molecular flexibility index (Phi) is 4.41. The van der Waals surface area contributed by atoms with E-state index in [4.69, 9.17) is 4.98 Å². The minimum Gasteiger partial charge on any atom is -0.342 e. The molecule has 1 atom stereocenters. The molecular formula is C17H23N5O. The van der Waals surface area contributed by atoms with Gasteiger partial charge in [-0.25, -0.2) is 15.0 Å². The van der Waals surface area contributed by atoms with Gasteiger partial charge in [-0.05, 0) is 25.8 Å². The first-order valence-corrected chi connectivity index (χ1v) is 8.19. The van der Waals surface area contributed by atoms with Crippen molar-refractivity contribution < 1.29 is 4.79 Å². The molecule has 6 heteroatoms. The van der Waals surface area contributed by atoms with Gasteiger partial charge in [-0.3, -0.25) is 4.79 Å². The highest BCUT2D eigenvalue weighted by atomic mass is 16.2. The van der Waals surface area contributed by atoms with Crippen LogP contribution in [0.25, 0.3) is 11.5 Å². The van der Waals surface area contributed by atoms with Crippen LogP contribution in [0.5, 0.6) is 0 Å². The molecule has 0 spiro atoms. The fourth-order valence-electron chi connectivity index (χ4n) is 3.14. The second kappa shape index (κ2) is 6.48. The molecule has 0 bridgehead atoms. The van der Waals surface area contributed by atoms with Gasteiger partial charge in [0.1, 0.15) is 11.5 Å². The molecule has 3 rings (SSSR count). The van der Waals surface area contributed by atoms with E-state index < -0.39 is 0 Å². The number of piperidine rings is 1. The lowest BCUT2D eigenvalue weighted by atomic mass is 9.96. The van der Waals surface area contributed by atoms with Crippen molar-refractivity contribution >= 4 is 5.91 Å². The van der Waals surface area contributed by atoms with Gasteiger partial charge in [0.05, 0.1) is 0 Å². The van der Waals surface area contributed by atoms with E-state index in [9.17, 15) is 4.79 Å². The summed E-state index contributed by atoms with van der Waals surface area (Å²) in [6, 6.07) is 1.96. The third-order valence-electron chi connectivity index (χ3n) is 4.36. The summed E-state index contributed by atoms with van der Waals surface area (Å²) >= 11 is 0. The van der Waals surface area contributed by atoms with E-state index in [1.165, 1.54) is 0 Å². The quantitative estimate of drug-likeness (QED) is 0.872. The maximum atomic E-state index is 12.0. The topological polar surface area (TPSA) is 63.9 Å². The maximum absolute atomic E-state index is 12.0. The summed E-state index contributed by atoms with van der Waals surface area (Å²) in [5, 5.41) is 0. The zero-order chi connectivity index (χ0) is 16.4. The van der Waals surface area contributed by atoms with Crippen LogP contribution in [0.1, 0.15) is 43.6 Å². The summed E-state index contributed by atoms with van der Waals surface area (Å²) in [5.74, 6) is 2.09. The van der Waals surface area contributed by atoms with E-state index in [1.807, 2.05) is 42.6 Å². The molecule has 1 amide bonds. The van der Waals surface area contributed by atoms with Crippen LogP contribution in [-0.2, 0) is 11.8 Å². The minimum absolute atomic E-state index is 0.207. The molecule has 0 aliphatic carbocycles. The Morgan fingerprint density at radius 2 is 2.22 bits per heavy atom. The van der Waals surface area contributed by atoms with Gasteiger partial charge in [-0.1, -0.05) is 6.92 Å². The van der Waals surface area contributed by atoms with Gasteiger partial charge in [0, 0.05) is 50.6 Å². The largest absolute Gasteiger partial charge is 0.342 e. The van der Waals surface area contributed by atoms with Gasteiger partial charge in [0.2, 0.25) is 5.91 Å². The van der Waals surface area contributed by atoms with Crippen LogP contribution < -0.4 is 0 Å². The van der Waals surface area contributed by atoms with Crippen LogP contribution in [-0.4, -0.2) is 43.4 Å². The lowest BCUT2D eigenvalue weighted by Crippen LogP contribution is -2.39. The third kappa shape index (κ3) is 3.25. The Hall–Kier alpha value is -2.24. The normalized spacial score (nSPS) is 18.2. The lowest BCUT2D eigenvalue weighted by molar-refractivity contribution is -0.132. The van der Waals surface area contributed by atoms with Crippen LogP contribution >= 0.6 is 0 Å². The number of aromatic nitrogens is 4. The monoisotopic (exact) mass is 313 g/mol. The maximum Gasteiger partial charge on any atom is 0.222 e. The van der Waals surface area contributed by atoms with E-state index >= 15 is 0 Å². The average molecular weight is 313 g/mol. The van der Waals surface area contributed by atoms with Crippen molar-refractivity contribution in [3.05, 3.63) is 30.0 Å². The number of rotatable bonds is 3. The molecule has 1 aliphatic rings. The van der Waals surface area contributed by atoms with Gasteiger partial charge in [0.25, 0.3) is 0 Å². The molecule has 0 saturated carbocycles. The second-order valence-corrected chi connectivity index (χ2v) is 6.15. The molecule has 3 heterocycles. The Labute approximate surface area is 136 Å². The lowest BCUT2D eigenvalue weighted by Gasteiger charge is -2.32. The third-order valence-corrected chi connectivity index (χ3v) is 4.36. The molecule has 2 aromatic rings. The first-order chi connectivity index (χ1) is 11.1. The molecule has 0 aromatic carbocycles. The van der Waals surface area contributed by atoms with Crippen LogP contribution in [0, 0.1) is 6.92 Å². The Bertz CT molecular complexity index is 709. The van der Waals surface area contributed by atoms with Crippen molar-refractivity contribution in [1.29, 1.82) is 0 Å². The molecule has 1 saturated heterocycles. The van der Waals surface area contributed by atoms with E-state index in [2.05, 4.69) is 9.97 Å². The predicted molar refractivity (Wildman–Crippen MR) is 87.8 cm³/mol. The molecule has 6 nitrogen and oxygen atoms in total. The van der Waals surface area contributed by atoms with E-state index in [-0.39, 0.29) is 11.8 Å². The molecule has 1 aliphatic heterocycles. The summed E-state index contributed by atoms with van der Waals surface area (Å²) in [6.07, 6.45) is 6.27. The van der Waals surface area contributed by atoms with Crippen molar-refractivity contribution in [1.82, 2.24) is 24.4 Å². The van der Waals surface area contributed by atoms with Gasteiger partial charge in [-0.2, -0.15) is 0 Å². The highest BCUT2D eigenvalue weighted by Gasteiger charge is 2.26. The van der Waals surface area contributed by atoms with Crippen molar-refractivity contribution in [2.45, 2.75) is 39.0 Å². The molecule has 23 heavy (non-hydrogen) atoms. The molecule has 122 valence electrons. The Morgan fingerprint density at radius 1 is 1.39 bits per heavy atom. The number of nitrogens with zero attached hydrogens (tertiary/aromatic N) is 5. The summed E-state index contributed by atoms with van der Waals surface area (Å²) < 4.78 is 1.96. The summed E-state index contributed by atoms with van der Waals surface area (Å²) in [7, 11) is 1.96. The number of carbonyl (C=O) groups excluding carboxylic acids is 1. The van der Waals surface area contributed by atoms with Crippen molar-refractivity contribution in [2.75, 3.05) is 13.1 Å². The smallest absolute Gasteiger partial charge is 0.222 e. The predicted octanol–water partition coefficient (Wildman–Crippen LogP) is 2.30. The van der Waals surface area contributed by atoms with Crippen molar-refractivity contribution in [3.63, 3.8) is 0 Å². The zero-order valence-electron chi connectivity index (χ0n) is 14.0. The number of hydrogen-bond acceptors (Lipinski definition) is 4. The summed E-state index contributed by atoms with van der Waals surface area (Å²) in [6.45, 7) is 5.46. The highest BCUT2D eigenvalue weighted by molar-refractivity contribution is 5.76. The van der Waals surface area contributed by atoms with Crippen LogP contribution in [0.3, 0.4) is 0 Å². The van der Waals surface area contributed by atoms with Gasteiger partial charge >= 0.3 is 0 Å². The molecule has 1 fully saturated rings. The number of aryl methyl sites for hydroxylation is 2. The van der Waals surface area contributed by atoms with Crippen LogP contribution in [0.15, 0.2) is 18.5 Å². The number of likely N-dealkylation sites (tertiary alicyclic amines) is 1. The number of hydrogen-bond donors (Lipinski definition) is 0. The van der Waals surface area contributed by atoms with E-state index in [0.717, 1.165) is 49.0 Å². The van der Waals surface area contributed by atoms with Gasteiger partial charge in [-0.15, -0.1) is 0 Å².